The summed E-state index contributed by atoms with van der Waals surface area (Å²) in [5, 5.41) is 0. The highest BCUT2D eigenvalue weighted by atomic mass is 16.1. The van der Waals surface area contributed by atoms with E-state index in [9.17, 15) is 4.79 Å². The van der Waals surface area contributed by atoms with Crippen LogP contribution in [0.25, 0.3) is 0 Å². The van der Waals surface area contributed by atoms with Gasteiger partial charge < -0.3 is 0 Å². The number of ketones is 1. The minimum absolute atomic E-state index is 0.224. The summed E-state index contributed by atoms with van der Waals surface area (Å²) in [6, 6.07) is 0. The van der Waals surface area contributed by atoms with Crippen LogP contribution < -0.4 is 0 Å². The van der Waals surface area contributed by atoms with Gasteiger partial charge in [-0.05, 0) is 72.5 Å². The van der Waals surface area contributed by atoms with E-state index in [0.717, 1.165) is 31.1 Å². The molecule has 0 saturated heterocycles. The lowest BCUT2D eigenvalue weighted by Crippen LogP contribution is -2.38. The zero-order valence-electron chi connectivity index (χ0n) is 15.4. The van der Waals surface area contributed by atoms with Crippen molar-refractivity contribution in [3.05, 3.63) is 34.9 Å². The van der Waals surface area contributed by atoms with Crippen molar-refractivity contribution in [3.8, 4) is 12.3 Å². The van der Waals surface area contributed by atoms with Crippen LogP contribution in [0.4, 0.5) is 0 Å². The van der Waals surface area contributed by atoms with E-state index in [0.29, 0.717) is 11.7 Å². The fourth-order valence-electron chi connectivity index (χ4n) is 5.27. The van der Waals surface area contributed by atoms with Crippen LogP contribution >= 0.6 is 0 Å². The predicted octanol–water partition coefficient (Wildman–Crippen LogP) is 5.63. The Morgan fingerprint density at radius 2 is 2.00 bits per heavy atom. The number of allylic oxidation sites excluding steroid dienone is 6. The van der Waals surface area contributed by atoms with E-state index < -0.39 is 0 Å². The third-order valence-electron chi connectivity index (χ3n) is 6.80. The second-order valence-corrected chi connectivity index (χ2v) is 8.11. The molecule has 4 rings (SSSR count). The van der Waals surface area contributed by atoms with Crippen molar-refractivity contribution >= 4 is 5.78 Å². The Morgan fingerprint density at radius 1 is 1.25 bits per heavy atom. The minimum atomic E-state index is 0.224. The van der Waals surface area contributed by atoms with E-state index >= 15 is 0 Å². The molecule has 0 heterocycles. The van der Waals surface area contributed by atoms with E-state index in [2.05, 4.69) is 31.9 Å². The number of carbonyl (C=O) groups excluding carboxylic acids is 1. The number of carbonyl (C=O) groups is 1. The summed E-state index contributed by atoms with van der Waals surface area (Å²) >= 11 is 0. The Hall–Kier alpha value is -1.55. The zero-order chi connectivity index (χ0) is 17.3. The van der Waals surface area contributed by atoms with Gasteiger partial charge in [0.05, 0.1) is 0 Å². The molecule has 2 unspecified atom stereocenters. The number of hydrogen-bond donors (Lipinski definition) is 0. The highest BCUT2D eigenvalue weighted by Gasteiger charge is 2.47. The molecule has 0 aromatic heterocycles. The Labute approximate surface area is 147 Å². The molecule has 0 aromatic rings. The second kappa shape index (κ2) is 6.75. The number of rotatable bonds is 0. The summed E-state index contributed by atoms with van der Waals surface area (Å²) in [6.45, 7) is 6.77. The van der Waals surface area contributed by atoms with E-state index in [-0.39, 0.29) is 5.41 Å². The monoisotopic (exact) mass is 322 g/mol. The first-order chi connectivity index (χ1) is 11.5. The van der Waals surface area contributed by atoms with Gasteiger partial charge in [-0.3, -0.25) is 4.79 Å². The molecule has 0 aliphatic heterocycles. The molecule has 128 valence electrons. The van der Waals surface area contributed by atoms with Gasteiger partial charge in [-0.25, -0.2) is 0 Å². The summed E-state index contributed by atoms with van der Waals surface area (Å²) in [4.78, 5) is 11.7. The zero-order valence-corrected chi connectivity index (χ0v) is 15.4. The van der Waals surface area contributed by atoms with E-state index in [1.54, 1.807) is 11.1 Å². The third kappa shape index (κ3) is 2.81. The first-order valence-corrected chi connectivity index (χ1v) is 9.60. The van der Waals surface area contributed by atoms with Crippen molar-refractivity contribution in [2.45, 2.75) is 65.7 Å². The third-order valence-corrected chi connectivity index (χ3v) is 6.80. The topological polar surface area (TPSA) is 17.1 Å². The molecule has 0 N–H and O–H groups in total. The van der Waals surface area contributed by atoms with Crippen molar-refractivity contribution in [1.82, 2.24) is 0 Å². The summed E-state index contributed by atoms with van der Waals surface area (Å²) in [5.74, 6) is 5.15. The van der Waals surface area contributed by atoms with Crippen molar-refractivity contribution in [2.24, 2.45) is 23.2 Å². The Morgan fingerprint density at radius 3 is 2.71 bits per heavy atom. The molecule has 0 amide bonds. The van der Waals surface area contributed by atoms with Crippen LogP contribution in [-0.4, -0.2) is 5.78 Å². The van der Waals surface area contributed by atoms with Gasteiger partial charge in [-0.2, -0.15) is 0 Å². The molecule has 0 bridgehead atoms. The van der Waals surface area contributed by atoms with Crippen molar-refractivity contribution < 1.29 is 4.79 Å². The summed E-state index contributed by atoms with van der Waals surface area (Å²) in [5.41, 5.74) is 4.94. The first kappa shape index (κ1) is 17.3. The van der Waals surface area contributed by atoms with Gasteiger partial charge in [0.15, 0.2) is 5.78 Å². The summed E-state index contributed by atoms with van der Waals surface area (Å²) in [7, 11) is 0. The smallest absolute Gasteiger partial charge is 0.156 e. The van der Waals surface area contributed by atoms with Crippen LogP contribution in [0, 0.1) is 35.5 Å². The van der Waals surface area contributed by atoms with Gasteiger partial charge >= 0.3 is 0 Å². The van der Waals surface area contributed by atoms with Crippen molar-refractivity contribution in [3.63, 3.8) is 0 Å². The molecule has 0 radical (unpaired) electrons. The standard InChI is InChI=1S/C19H24O.C4H6/c1-12-3-5-16-15(12)7-8-18-17(16)6-4-13-11-14(20)9-10-19(13,18)2;1-3-4-2/h4,6,11-12,15,18H,3,5,7-10H2,1-2H3;1H,4H2,2H3/t12-,15?,18?,19-;/m0./s1. The van der Waals surface area contributed by atoms with Crippen LogP contribution in [0.15, 0.2) is 34.9 Å². The van der Waals surface area contributed by atoms with Gasteiger partial charge in [0.2, 0.25) is 0 Å². The molecular weight excluding hydrogens is 292 g/mol. The molecule has 1 fully saturated rings. The SMILES string of the molecule is C#CCC.C[C@H]1CCC2=C3C=CC4=CC(=O)CC[C@]4(C)C3CCC21. The van der Waals surface area contributed by atoms with Crippen LogP contribution in [0.1, 0.15) is 65.7 Å². The van der Waals surface area contributed by atoms with E-state index in [4.69, 9.17) is 6.42 Å². The normalized spacial score (nSPS) is 36.7. The second-order valence-electron chi connectivity index (χ2n) is 8.11. The minimum Gasteiger partial charge on any atom is -0.295 e. The maximum atomic E-state index is 11.7. The Balaban J connectivity index is 0.000000383. The maximum absolute atomic E-state index is 11.7. The lowest BCUT2D eigenvalue weighted by molar-refractivity contribution is -0.115. The van der Waals surface area contributed by atoms with Crippen LogP contribution in [0.5, 0.6) is 0 Å². The largest absolute Gasteiger partial charge is 0.295 e. The molecular formula is C23H30O. The fraction of sp³-hybridized carbons (Fsp3) is 0.609. The first-order valence-electron chi connectivity index (χ1n) is 9.60. The van der Waals surface area contributed by atoms with Crippen molar-refractivity contribution in [1.29, 1.82) is 0 Å². The molecule has 4 atom stereocenters. The van der Waals surface area contributed by atoms with Crippen LogP contribution in [0.2, 0.25) is 0 Å². The highest BCUT2D eigenvalue weighted by molar-refractivity contribution is 5.92. The van der Waals surface area contributed by atoms with Crippen LogP contribution in [0.3, 0.4) is 0 Å². The predicted molar refractivity (Wildman–Crippen MR) is 100 cm³/mol. The maximum Gasteiger partial charge on any atom is 0.156 e. The molecule has 4 aliphatic carbocycles. The van der Waals surface area contributed by atoms with Gasteiger partial charge in [0, 0.05) is 12.8 Å². The Bertz CT molecular complexity index is 654. The average Bonchev–Trinajstić information content (AvgIpc) is 2.97. The van der Waals surface area contributed by atoms with E-state index in [1.807, 2.05) is 13.0 Å². The van der Waals surface area contributed by atoms with Gasteiger partial charge in [-0.15, -0.1) is 12.3 Å². The van der Waals surface area contributed by atoms with Gasteiger partial charge in [-0.1, -0.05) is 38.5 Å². The summed E-state index contributed by atoms with van der Waals surface area (Å²) < 4.78 is 0. The molecule has 1 nitrogen and oxygen atoms in total. The number of hydrogen-bond acceptors (Lipinski definition) is 1. The van der Waals surface area contributed by atoms with Crippen molar-refractivity contribution in [2.75, 3.05) is 0 Å². The molecule has 1 heteroatoms. The van der Waals surface area contributed by atoms with E-state index in [1.165, 1.54) is 31.3 Å². The van der Waals surface area contributed by atoms with Crippen LogP contribution in [-0.2, 0) is 4.79 Å². The Kier molecular flexibility index (Phi) is 4.86. The average molecular weight is 322 g/mol. The quantitative estimate of drug-likeness (QED) is 0.528. The molecule has 24 heavy (non-hydrogen) atoms. The summed E-state index contributed by atoms with van der Waals surface area (Å²) in [6.07, 6.45) is 19.3. The molecule has 0 spiro atoms. The lowest BCUT2D eigenvalue weighted by atomic mass is 9.56. The molecule has 1 saturated carbocycles. The van der Waals surface area contributed by atoms with Gasteiger partial charge in [0.25, 0.3) is 0 Å². The molecule has 4 aliphatic rings. The molecule has 0 aromatic carbocycles. The number of terminal acetylenes is 1. The number of fused-ring (bicyclic) bond motifs is 4. The lowest BCUT2D eigenvalue weighted by Gasteiger charge is -2.47. The fourth-order valence-corrected chi connectivity index (χ4v) is 5.27. The highest BCUT2D eigenvalue weighted by Crippen LogP contribution is 2.57. The van der Waals surface area contributed by atoms with Gasteiger partial charge in [0.1, 0.15) is 0 Å².